The van der Waals surface area contributed by atoms with Gasteiger partial charge < -0.3 is 10.2 Å². The Balaban J connectivity index is 1.99. The van der Waals surface area contributed by atoms with Crippen molar-refractivity contribution in [2.75, 3.05) is 26.2 Å². The zero-order valence-corrected chi connectivity index (χ0v) is 13.6. The highest BCUT2D eigenvalue weighted by atomic mass is 15.1. The van der Waals surface area contributed by atoms with Crippen LogP contribution >= 0.6 is 0 Å². The summed E-state index contributed by atoms with van der Waals surface area (Å²) in [6.07, 6.45) is 11.4. The van der Waals surface area contributed by atoms with Crippen molar-refractivity contribution in [2.45, 2.75) is 78.2 Å². The molecule has 0 radical (unpaired) electrons. The Morgan fingerprint density at radius 1 is 1.05 bits per heavy atom. The molecule has 0 spiro atoms. The largest absolute Gasteiger partial charge is 0.316 e. The van der Waals surface area contributed by atoms with E-state index < -0.39 is 0 Å². The molecule has 1 aliphatic rings. The molecule has 19 heavy (non-hydrogen) atoms. The van der Waals surface area contributed by atoms with Gasteiger partial charge in [0.05, 0.1) is 0 Å². The molecule has 0 unspecified atom stereocenters. The van der Waals surface area contributed by atoms with Crippen LogP contribution in [0.3, 0.4) is 0 Å². The molecule has 0 aromatic heterocycles. The third kappa shape index (κ3) is 7.94. The van der Waals surface area contributed by atoms with Crippen molar-refractivity contribution in [3.05, 3.63) is 0 Å². The third-order valence-electron chi connectivity index (χ3n) is 4.35. The van der Waals surface area contributed by atoms with E-state index in [1.807, 2.05) is 0 Å². The Hall–Kier alpha value is -0.0800. The second kappa shape index (κ2) is 10.7. The summed E-state index contributed by atoms with van der Waals surface area (Å²) in [4.78, 5) is 2.74. The zero-order chi connectivity index (χ0) is 13.9. The van der Waals surface area contributed by atoms with Crippen LogP contribution < -0.4 is 5.32 Å². The molecule has 1 saturated carbocycles. The molecule has 1 N–H and O–H groups in total. The molecule has 2 heteroatoms. The Labute approximate surface area is 121 Å². The smallest absolute Gasteiger partial charge is 0.00951 e. The van der Waals surface area contributed by atoms with Gasteiger partial charge in [0.1, 0.15) is 0 Å². The van der Waals surface area contributed by atoms with Gasteiger partial charge in [-0.15, -0.1) is 0 Å². The molecule has 0 aromatic rings. The van der Waals surface area contributed by atoms with Crippen molar-refractivity contribution >= 4 is 0 Å². The van der Waals surface area contributed by atoms with Crippen LogP contribution in [0, 0.1) is 5.92 Å². The van der Waals surface area contributed by atoms with Crippen molar-refractivity contribution < 1.29 is 0 Å². The van der Waals surface area contributed by atoms with E-state index in [1.165, 1.54) is 77.5 Å². The first-order valence-electron chi connectivity index (χ1n) is 8.68. The van der Waals surface area contributed by atoms with Crippen LogP contribution in [0.5, 0.6) is 0 Å². The van der Waals surface area contributed by atoms with Crippen molar-refractivity contribution in [2.24, 2.45) is 5.92 Å². The lowest BCUT2D eigenvalue weighted by molar-refractivity contribution is 0.160. The molecule has 0 amide bonds. The number of unbranched alkanes of at least 4 members (excludes halogenated alkanes) is 2. The molecular formula is C17H36N2. The lowest BCUT2D eigenvalue weighted by Gasteiger charge is -2.33. The fraction of sp³-hybridized carbons (Fsp3) is 1.00. The highest BCUT2D eigenvalue weighted by Gasteiger charge is 2.18. The van der Waals surface area contributed by atoms with Crippen LogP contribution in [0.2, 0.25) is 0 Å². The molecule has 1 rings (SSSR count). The second-order valence-electron chi connectivity index (χ2n) is 6.58. The van der Waals surface area contributed by atoms with Crippen LogP contribution in [0.25, 0.3) is 0 Å². The predicted molar refractivity (Wildman–Crippen MR) is 85.7 cm³/mol. The first-order valence-corrected chi connectivity index (χ1v) is 8.68. The summed E-state index contributed by atoms with van der Waals surface area (Å²) in [6.45, 7) is 11.8. The van der Waals surface area contributed by atoms with Gasteiger partial charge in [-0.1, -0.05) is 46.5 Å². The third-order valence-corrected chi connectivity index (χ3v) is 4.35. The summed E-state index contributed by atoms with van der Waals surface area (Å²) in [7, 11) is 0. The number of nitrogens with one attached hydrogen (secondary N) is 1. The molecule has 0 heterocycles. The molecular weight excluding hydrogens is 232 g/mol. The quantitative estimate of drug-likeness (QED) is 0.601. The summed E-state index contributed by atoms with van der Waals surface area (Å²) >= 11 is 0. The first kappa shape index (κ1) is 17.0. The lowest BCUT2D eigenvalue weighted by atomic mass is 9.94. The SMILES string of the molecule is CCN(CCCCCNCC(C)C)C1CCCCC1. The van der Waals surface area contributed by atoms with Crippen molar-refractivity contribution in [1.29, 1.82) is 0 Å². The van der Waals surface area contributed by atoms with Crippen LogP contribution in [-0.4, -0.2) is 37.1 Å². The number of rotatable bonds is 10. The van der Waals surface area contributed by atoms with Crippen molar-refractivity contribution in [1.82, 2.24) is 10.2 Å². The van der Waals surface area contributed by atoms with Gasteiger partial charge in [0.2, 0.25) is 0 Å². The standard InChI is InChI=1S/C17H36N2/c1-4-19(17-11-7-5-8-12-17)14-10-6-9-13-18-15-16(2)3/h16-18H,4-15H2,1-3H3. The topological polar surface area (TPSA) is 15.3 Å². The maximum Gasteiger partial charge on any atom is 0.00951 e. The molecule has 0 saturated heterocycles. The van der Waals surface area contributed by atoms with Gasteiger partial charge in [-0.2, -0.15) is 0 Å². The molecule has 0 atom stereocenters. The maximum atomic E-state index is 3.54. The molecule has 1 aliphatic carbocycles. The number of hydrogen-bond acceptors (Lipinski definition) is 2. The van der Waals surface area contributed by atoms with Crippen LogP contribution in [0.4, 0.5) is 0 Å². The van der Waals surface area contributed by atoms with Gasteiger partial charge >= 0.3 is 0 Å². The molecule has 1 fully saturated rings. The van der Waals surface area contributed by atoms with E-state index in [0.29, 0.717) is 0 Å². The lowest BCUT2D eigenvalue weighted by Crippen LogP contribution is -2.37. The van der Waals surface area contributed by atoms with Crippen LogP contribution in [0.15, 0.2) is 0 Å². The van der Waals surface area contributed by atoms with E-state index in [4.69, 9.17) is 0 Å². The maximum absolute atomic E-state index is 3.54. The molecule has 0 aliphatic heterocycles. The number of nitrogens with zero attached hydrogens (tertiary/aromatic N) is 1. The van der Waals surface area contributed by atoms with Gasteiger partial charge in [0.15, 0.2) is 0 Å². The summed E-state index contributed by atoms with van der Waals surface area (Å²) in [6, 6.07) is 0.901. The van der Waals surface area contributed by atoms with Gasteiger partial charge in [-0.3, -0.25) is 0 Å². The minimum atomic E-state index is 0.780. The van der Waals surface area contributed by atoms with Gasteiger partial charge in [-0.25, -0.2) is 0 Å². The Kier molecular flexibility index (Phi) is 9.54. The summed E-state index contributed by atoms with van der Waals surface area (Å²) in [5, 5.41) is 3.54. The van der Waals surface area contributed by atoms with Crippen LogP contribution in [-0.2, 0) is 0 Å². The van der Waals surface area contributed by atoms with E-state index in [-0.39, 0.29) is 0 Å². The average molecular weight is 268 g/mol. The van der Waals surface area contributed by atoms with Crippen molar-refractivity contribution in [3.63, 3.8) is 0 Å². The van der Waals surface area contributed by atoms with Gasteiger partial charge in [0.25, 0.3) is 0 Å². The first-order chi connectivity index (χ1) is 9.24. The summed E-state index contributed by atoms with van der Waals surface area (Å²) in [5.74, 6) is 0.780. The average Bonchev–Trinajstić information content (AvgIpc) is 2.42. The molecule has 0 bridgehead atoms. The van der Waals surface area contributed by atoms with Crippen LogP contribution in [0.1, 0.15) is 72.1 Å². The molecule has 114 valence electrons. The minimum Gasteiger partial charge on any atom is -0.316 e. The van der Waals surface area contributed by atoms with E-state index >= 15 is 0 Å². The normalized spacial score (nSPS) is 17.5. The Morgan fingerprint density at radius 2 is 1.79 bits per heavy atom. The zero-order valence-electron chi connectivity index (χ0n) is 13.6. The van der Waals surface area contributed by atoms with E-state index in [1.54, 1.807) is 0 Å². The Bertz CT molecular complexity index is 197. The highest BCUT2D eigenvalue weighted by molar-refractivity contribution is 4.75. The summed E-state index contributed by atoms with van der Waals surface area (Å²) in [5.41, 5.74) is 0. The highest BCUT2D eigenvalue weighted by Crippen LogP contribution is 2.22. The van der Waals surface area contributed by atoms with E-state index in [2.05, 4.69) is 31.0 Å². The molecule has 2 nitrogen and oxygen atoms in total. The summed E-state index contributed by atoms with van der Waals surface area (Å²) < 4.78 is 0. The van der Waals surface area contributed by atoms with Gasteiger partial charge in [0, 0.05) is 6.04 Å². The Morgan fingerprint density at radius 3 is 2.42 bits per heavy atom. The van der Waals surface area contributed by atoms with Gasteiger partial charge in [-0.05, 0) is 57.8 Å². The fourth-order valence-corrected chi connectivity index (χ4v) is 3.18. The van der Waals surface area contributed by atoms with E-state index in [0.717, 1.165) is 12.0 Å². The molecule has 0 aromatic carbocycles. The van der Waals surface area contributed by atoms with E-state index in [9.17, 15) is 0 Å². The monoisotopic (exact) mass is 268 g/mol. The predicted octanol–water partition coefficient (Wildman–Crippen LogP) is 4.06. The minimum absolute atomic E-state index is 0.780. The van der Waals surface area contributed by atoms with Crippen molar-refractivity contribution in [3.8, 4) is 0 Å². The fourth-order valence-electron chi connectivity index (χ4n) is 3.18. The number of hydrogen-bond donors (Lipinski definition) is 1. The second-order valence-corrected chi connectivity index (χ2v) is 6.58.